The molecule has 1 aromatic carbocycles. The summed E-state index contributed by atoms with van der Waals surface area (Å²) in [5.41, 5.74) is 2.30. The zero-order valence-corrected chi connectivity index (χ0v) is 14.3. The third kappa shape index (κ3) is 3.02. The van der Waals surface area contributed by atoms with E-state index >= 15 is 0 Å². The summed E-state index contributed by atoms with van der Waals surface area (Å²) in [6, 6.07) is 3.57. The van der Waals surface area contributed by atoms with Crippen LogP contribution in [0.15, 0.2) is 12.1 Å². The number of fused-ring (bicyclic) bond motifs is 3. The number of hydrogen-bond donors (Lipinski definition) is 2. The summed E-state index contributed by atoms with van der Waals surface area (Å²) >= 11 is 0. The minimum Gasteiger partial charge on any atom is -0.504 e. The lowest BCUT2D eigenvalue weighted by atomic mass is 9.84. The number of nitrogens with zero attached hydrogens (tertiary/aromatic N) is 1. The van der Waals surface area contributed by atoms with Gasteiger partial charge >= 0.3 is 0 Å². The molecular formula is C18H26N2O3. The van der Waals surface area contributed by atoms with Crippen LogP contribution in [-0.4, -0.2) is 42.2 Å². The average Bonchev–Trinajstić information content (AvgIpc) is 2.47. The van der Waals surface area contributed by atoms with Crippen molar-refractivity contribution in [2.75, 3.05) is 20.2 Å². The van der Waals surface area contributed by atoms with Gasteiger partial charge in [0.2, 0.25) is 5.91 Å². The fourth-order valence-corrected chi connectivity index (χ4v) is 3.68. The number of carbonyl (C=O) groups is 1. The van der Waals surface area contributed by atoms with E-state index in [9.17, 15) is 9.90 Å². The van der Waals surface area contributed by atoms with E-state index in [1.165, 1.54) is 0 Å². The molecule has 2 aliphatic heterocycles. The SMILES string of the molecule is COc1cc2c(cc1O)CCN1C(=O)[C@@H](CC(C)(C)C)NC[C@@H]21. The topological polar surface area (TPSA) is 61.8 Å². The third-order valence-corrected chi connectivity index (χ3v) is 4.75. The number of benzene rings is 1. The predicted molar refractivity (Wildman–Crippen MR) is 88.7 cm³/mol. The van der Waals surface area contributed by atoms with Gasteiger partial charge in [-0.2, -0.15) is 0 Å². The first-order valence-corrected chi connectivity index (χ1v) is 8.24. The van der Waals surface area contributed by atoms with E-state index in [2.05, 4.69) is 26.1 Å². The molecule has 5 heteroatoms. The normalized spacial score (nSPS) is 24.2. The van der Waals surface area contributed by atoms with Gasteiger partial charge in [0.15, 0.2) is 11.5 Å². The van der Waals surface area contributed by atoms with E-state index in [1.54, 1.807) is 13.2 Å². The zero-order valence-electron chi connectivity index (χ0n) is 14.3. The molecule has 5 nitrogen and oxygen atoms in total. The molecule has 3 rings (SSSR count). The zero-order chi connectivity index (χ0) is 16.8. The van der Waals surface area contributed by atoms with Gasteiger partial charge in [0.25, 0.3) is 0 Å². The van der Waals surface area contributed by atoms with Crippen LogP contribution in [0.5, 0.6) is 11.5 Å². The van der Waals surface area contributed by atoms with Gasteiger partial charge in [-0.1, -0.05) is 20.8 Å². The summed E-state index contributed by atoms with van der Waals surface area (Å²) in [4.78, 5) is 14.8. The van der Waals surface area contributed by atoms with Crippen molar-refractivity contribution in [3.8, 4) is 11.5 Å². The number of ether oxygens (including phenoxy) is 1. The largest absolute Gasteiger partial charge is 0.504 e. The Kier molecular flexibility index (Phi) is 4.00. The van der Waals surface area contributed by atoms with Crippen molar-refractivity contribution in [1.29, 1.82) is 0 Å². The fourth-order valence-electron chi connectivity index (χ4n) is 3.68. The van der Waals surface area contributed by atoms with Gasteiger partial charge in [0, 0.05) is 13.1 Å². The van der Waals surface area contributed by atoms with Gasteiger partial charge in [0.1, 0.15) is 0 Å². The number of phenols is 1. The van der Waals surface area contributed by atoms with Crippen LogP contribution in [0, 0.1) is 5.41 Å². The second-order valence-electron chi connectivity index (χ2n) is 7.75. The van der Waals surface area contributed by atoms with Crippen molar-refractivity contribution in [2.24, 2.45) is 5.41 Å². The molecule has 0 aromatic heterocycles. The highest BCUT2D eigenvalue weighted by atomic mass is 16.5. The second-order valence-corrected chi connectivity index (χ2v) is 7.75. The van der Waals surface area contributed by atoms with E-state index in [1.807, 2.05) is 11.0 Å². The van der Waals surface area contributed by atoms with Crippen molar-refractivity contribution < 1.29 is 14.6 Å². The van der Waals surface area contributed by atoms with Crippen LogP contribution in [-0.2, 0) is 11.2 Å². The molecule has 126 valence electrons. The van der Waals surface area contributed by atoms with Crippen molar-refractivity contribution in [3.05, 3.63) is 23.3 Å². The number of phenolic OH excluding ortho intramolecular Hbond substituents is 1. The van der Waals surface area contributed by atoms with Crippen LogP contribution in [0.2, 0.25) is 0 Å². The quantitative estimate of drug-likeness (QED) is 0.878. The molecule has 0 saturated carbocycles. The Labute approximate surface area is 137 Å². The highest BCUT2D eigenvalue weighted by Crippen LogP contribution is 2.39. The molecule has 0 aliphatic carbocycles. The molecule has 1 fully saturated rings. The minimum atomic E-state index is -0.105. The Morgan fingerprint density at radius 3 is 2.78 bits per heavy atom. The van der Waals surface area contributed by atoms with E-state index in [0.717, 1.165) is 30.5 Å². The first-order valence-electron chi connectivity index (χ1n) is 8.24. The number of aromatic hydroxyl groups is 1. The molecular weight excluding hydrogens is 292 g/mol. The van der Waals surface area contributed by atoms with E-state index in [4.69, 9.17) is 4.74 Å². The van der Waals surface area contributed by atoms with Crippen LogP contribution < -0.4 is 10.1 Å². The first-order chi connectivity index (χ1) is 10.8. The smallest absolute Gasteiger partial charge is 0.240 e. The Morgan fingerprint density at radius 1 is 1.39 bits per heavy atom. The summed E-state index contributed by atoms with van der Waals surface area (Å²) in [7, 11) is 1.55. The fraction of sp³-hybridized carbons (Fsp3) is 0.611. The molecule has 2 N–H and O–H groups in total. The Balaban J connectivity index is 1.87. The maximum Gasteiger partial charge on any atom is 0.240 e. The van der Waals surface area contributed by atoms with E-state index < -0.39 is 0 Å². The maximum absolute atomic E-state index is 12.9. The molecule has 1 amide bonds. The van der Waals surface area contributed by atoms with E-state index in [-0.39, 0.29) is 29.2 Å². The molecule has 2 atom stereocenters. The lowest BCUT2D eigenvalue weighted by Crippen LogP contribution is -2.58. The summed E-state index contributed by atoms with van der Waals surface area (Å²) in [6.07, 6.45) is 1.61. The van der Waals surface area contributed by atoms with Crippen LogP contribution in [0.4, 0.5) is 0 Å². The Hall–Kier alpha value is -1.75. The highest BCUT2D eigenvalue weighted by Gasteiger charge is 2.40. The van der Waals surface area contributed by atoms with Crippen LogP contribution in [0.3, 0.4) is 0 Å². The number of carbonyl (C=O) groups excluding carboxylic acids is 1. The Bertz CT molecular complexity index is 621. The summed E-state index contributed by atoms with van der Waals surface area (Å²) < 4.78 is 5.23. The molecule has 0 bridgehead atoms. The number of nitrogens with one attached hydrogen (secondary N) is 1. The van der Waals surface area contributed by atoms with Gasteiger partial charge in [-0.15, -0.1) is 0 Å². The lowest BCUT2D eigenvalue weighted by molar-refractivity contribution is -0.140. The van der Waals surface area contributed by atoms with E-state index in [0.29, 0.717) is 12.3 Å². The molecule has 23 heavy (non-hydrogen) atoms. The molecule has 0 radical (unpaired) electrons. The van der Waals surface area contributed by atoms with Crippen LogP contribution >= 0.6 is 0 Å². The van der Waals surface area contributed by atoms with Crippen molar-refractivity contribution in [1.82, 2.24) is 10.2 Å². The van der Waals surface area contributed by atoms with Gasteiger partial charge in [-0.05, 0) is 41.5 Å². The second kappa shape index (κ2) is 5.71. The summed E-state index contributed by atoms with van der Waals surface area (Å²) in [5.74, 6) is 0.823. The van der Waals surface area contributed by atoms with Gasteiger partial charge in [-0.3, -0.25) is 4.79 Å². The first kappa shape index (κ1) is 16.1. The number of hydrogen-bond acceptors (Lipinski definition) is 4. The molecule has 0 spiro atoms. The summed E-state index contributed by atoms with van der Waals surface area (Å²) in [5, 5.41) is 13.4. The molecule has 2 heterocycles. The number of methoxy groups -OCH3 is 1. The summed E-state index contributed by atoms with van der Waals surface area (Å²) in [6.45, 7) is 7.94. The minimum absolute atomic E-state index is 0.0250. The standard InChI is InChI=1S/C18H26N2O3/c1-18(2,3)9-13-17(22)20-6-5-11-7-15(21)16(23-4)8-12(11)14(20)10-19-13/h7-8,13-14,19,21H,5-6,9-10H2,1-4H3/t13-,14+/m1/s1. The predicted octanol–water partition coefficient (Wildman–Crippen LogP) is 2.23. The van der Waals surface area contributed by atoms with Crippen molar-refractivity contribution in [3.63, 3.8) is 0 Å². The average molecular weight is 318 g/mol. The third-order valence-electron chi connectivity index (χ3n) is 4.75. The maximum atomic E-state index is 12.9. The molecule has 2 aliphatic rings. The van der Waals surface area contributed by atoms with Crippen molar-refractivity contribution in [2.45, 2.75) is 45.7 Å². The van der Waals surface area contributed by atoms with Gasteiger partial charge in [0.05, 0.1) is 19.2 Å². The number of piperazine rings is 1. The van der Waals surface area contributed by atoms with Gasteiger partial charge < -0.3 is 20.1 Å². The van der Waals surface area contributed by atoms with Crippen LogP contribution in [0.1, 0.15) is 44.4 Å². The van der Waals surface area contributed by atoms with Crippen LogP contribution in [0.25, 0.3) is 0 Å². The molecule has 0 unspecified atom stereocenters. The van der Waals surface area contributed by atoms with Crippen molar-refractivity contribution >= 4 is 5.91 Å². The molecule has 1 saturated heterocycles. The highest BCUT2D eigenvalue weighted by molar-refractivity contribution is 5.83. The van der Waals surface area contributed by atoms with Gasteiger partial charge in [-0.25, -0.2) is 0 Å². The lowest BCUT2D eigenvalue weighted by Gasteiger charge is -2.45. The monoisotopic (exact) mass is 318 g/mol. The number of rotatable bonds is 2. The Morgan fingerprint density at radius 2 is 2.13 bits per heavy atom. The number of amides is 1. The molecule has 1 aromatic rings.